The number of carbonyl (C=O) groups excluding carboxylic acids is 1. The first-order valence-electron chi connectivity index (χ1n) is 7.54. The van der Waals surface area contributed by atoms with Crippen molar-refractivity contribution in [2.75, 3.05) is 0 Å². The van der Waals surface area contributed by atoms with E-state index in [1.54, 1.807) is 0 Å². The second-order valence-corrected chi connectivity index (χ2v) is 6.58. The number of ether oxygens (including phenoxy) is 1. The molecule has 4 nitrogen and oxygen atoms in total. The summed E-state index contributed by atoms with van der Waals surface area (Å²) in [4.78, 5) is 22.5. The smallest absolute Gasteiger partial charge is 0.331 e. The van der Waals surface area contributed by atoms with E-state index in [1.165, 1.54) is 18.1 Å². The van der Waals surface area contributed by atoms with Crippen molar-refractivity contribution in [3.63, 3.8) is 0 Å². The lowest BCUT2D eigenvalue weighted by Crippen LogP contribution is -2.44. The van der Waals surface area contributed by atoms with Gasteiger partial charge in [-0.15, -0.1) is 0 Å². The summed E-state index contributed by atoms with van der Waals surface area (Å²) in [6, 6.07) is 0. The fourth-order valence-corrected chi connectivity index (χ4v) is 3.90. The van der Waals surface area contributed by atoms with Crippen molar-refractivity contribution in [3.05, 3.63) is 23.3 Å². The van der Waals surface area contributed by atoms with Gasteiger partial charge in [0.25, 0.3) is 0 Å². The van der Waals surface area contributed by atoms with Gasteiger partial charge in [-0.25, -0.2) is 4.79 Å². The first kappa shape index (κ1) is 15.8. The quantitative estimate of drug-likeness (QED) is 0.491. The van der Waals surface area contributed by atoms with Crippen molar-refractivity contribution in [2.24, 2.45) is 11.3 Å². The molecule has 2 aliphatic carbocycles. The average molecular weight is 292 g/mol. The van der Waals surface area contributed by atoms with Gasteiger partial charge in [0.2, 0.25) is 0 Å². The van der Waals surface area contributed by atoms with Crippen molar-refractivity contribution >= 4 is 11.9 Å². The summed E-state index contributed by atoms with van der Waals surface area (Å²) < 4.78 is 5.54. The van der Waals surface area contributed by atoms with E-state index >= 15 is 0 Å². The van der Waals surface area contributed by atoms with Gasteiger partial charge < -0.3 is 9.84 Å². The van der Waals surface area contributed by atoms with Gasteiger partial charge >= 0.3 is 11.9 Å². The molecule has 0 bridgehead atoms. The van der Waals surface area contributed by atoms with Crippen molar-refractivity contribution in [3.8, 4) is 0 Å². The third kappa shape index (κ3) is 2.89. The first-order chi connectivity index (χ1) is 9.75. The summed E-state index contributed by atoms with van der Waals surface area (Å²) >= 11 is 0. The van der Waals surface area contributed by atoms with Gasteiger partial charge in [-0.2, -0.15) is 0 Å². The molecule has 0 aromatic heterocycles. The van der Waals surface area contributed by atoms with Gasteiger partial charge in [0.15, 0.2) is 0 Å². The average Bonchev–Trinajstić information content (AvgIpc) is 2.41. The van der Waals surface area contributed by atoms with Crippen LogP contribution in [0.1, 0.15) is 52.9 Å². The molecule has 0 amide bonds. The summed E-state index contributed by atoms with van der Waals surface area (Å²) in [6.45, 7) is 9.44. The Hall–Kier alpha value is -1.58. The Balaban J connectivity index is 2.27. The van der Waals surface area contributed by atoms with Gasteiger partial charge in [-0.3, -0.25) is 4.79 Å². The van der Waals surface area contributed by atoms with E-state index in [0.29, 0.717) is 5.57 Å². The zero-order valence-electron chi connectivity index (χ0n) is 13.1. The van der Waals surface area contributed by atoms with Crippen LogP contribution in [0.2, 0.25) is 0 Å². The lowest BCUT2D eigenvalue weighted by atomic mass is 9.59. The van der Waals surface area contributed by atoms with Gasteiger partial charge in [-0.1, -0.05) is 24.6 Å². The second-order valence-electron chi connectivity index (χ2n) is 6.58. The van der Waals surface area contributed by atoms with Crippen molar-refractivity contribution in [1.29, 1.82) is 0 Å². The summed E-state index contributed by atoms with van der Waals surface area (Å²) in [5, 5.41) is 9.15. The molecular weight excluding hydrogens is 268 g/mol. The predicted molar refractivity (Wildman–Crippen MR) is 79.7 cm³/mol. The molecule has 0 aliphatic heterocycles. The molecule has 1 saturated carbocycles. The number of carboxylic acids is 1. The van der Waals surface area contributed by atoms with Crippen LogP contribution in [0.3, 0.4) is 0 Å². The maximum absolute atomic E-state index is 11.3. The summed E-state index contributed by atoms with van der Waals surface area (Å²) in [5.74, 6) is -1.15. The first-order valence-corrected chi connectivity index (χ1v) is 7.54. The van der Waals surface area contributed by atoms with E-state index in [1.807, 2.05) is 0 Å². The Morgan fingerprint density at radius 1 is 1.38 bits per heavy atom. The molecule has 0 spiro atoms. The standard InChI is InChI=1S/C17H24O4/c1-10-5-6-15(21-12(3)18)17(4)8-7-13(9-14(10)17)11(2)16(19)20/h13,15H,2,5-9H2,1,3-4H3,(H,19,20)/t13-,15-,17-/m1/s1. The van der Waals surface area contributed by atoms with E-state index in [9.17, 15) is 9.59 Å². The minimum atomic E-state index is -0.908. The van der Waals surface area contributed by atoms with Crippen LogP contribution in [0, 0.1) is 11.3 Å². The Morgan fingerprint density at radius 2 is 2.05 bits per heavy atom. The lowest BCUT2D eigenvalue weighted by molar-refractivity contribution is -0.153. The predicted octanol–water partition coefficient (Wildman–Crippen LogP) is 3.48. The number of esters is 1. The van der Waals surface area contributed by atoms with Crippen molar-refractivity contribution < 1.29 is 19.4 Å². The molecule has 0 radical (unpaired) electrons. The molecule has 4 heteroatoms. The van der Waals surface area contributed by atoms with E-state index in [4.69, 9.17) is 9.84 Å². The number of carbonyl (C=O) groups is 2. The highest BCUT2D eigenvalue weighted by Gasteiger charge is 2.47. The van der Waals surface area contributed by atoms with Crippen LogP contribution in [-0.2, 0) is 14.3 Å². The minimum Gasteiger partial charge on any atom is -0.478 e. The number of hydrogen-bond acceptors (Lipinski definition) is 3. The van der Waals surface area contributed by atoms with Crippen molar-refractivity contribution in [2.45, 2.75) is 59.0 Å². The summed E-state index contributed by atoms with van der Waals surface area (Å²) in [5.41, 5.74) is 2.75. The number of rotatable bonds is 3. The Morgan fingerprint density at radius 3 is 2.62 bits per heavy atom. The normalized spacial score (nSPS) is 32.3. The molecule has 2 rings (SSSR count). The highest BCUT2D eigenvalue weighted by Crippen LogP contribution is 2.53. The number of fused-ring (bicyclic) bond motifs is 1. The van der Waals surface area contributed by atoms with Crippen LogP contribution < -0.4 is 0 Å². The molecular formula is C17H24O4. The number of hydrogen-bond donors (Lipinski definition) is 1. The van der Waals surface area contributed by atoms with Crippen LogP contribution in [0.25, 0.3) is 0 Å². The number of allylic oxidation sites excluding steroid dienone is 1. The molecule has 0 aromatic rings. The van der Waals surface area contributed by atoms with Gasteiger partial charge in [-0.05, 0) is 44.9 Å². The third-order valence-electron chi connectivity index (χ3n) is 5.24. The minimum absolute atomic E-state index is 0.00315. The van der Waals surface area contributed by atoms with Crippen molar-refractivity contribution in [1.82, 2.24) is 0 Å². The maximum atomic E-state index is 11.3. The number of aliphatic carboxylic acids is 1. The molecule has 2 aliphatic rings. The van der Waals surface area contributed by atoms with Gasteiger partial charge in [0, 0.05) is 17.9 Å². The Bertz CT molecular complexity index is 517. The van der Waals surface area contributed by atoms with Crippen LogP contribution in [-0.4, -0.2) is 23.1 Å². The van der Waals surface area contributed by atoms with Crippen LogP contribution >= 0.6 is 0 Å². The zero-order valence-corrected chi connectivity index (χ0v) is 13.1. The summed E-state index contributed by atoms with van der Waals surface area (Å²) in [6.07, 6.45) is 4.04. The van der Waals surface area contributed by atoms with E-state index in [-0.39, 0.29) is 23.4 Å². The van der Waals surface area contributed by atoms with E-state index < -0.39 is 5.97 Å². The summed E-state index contributed by atoms with van der Waals surface area (Å²) in [7, 11) is 0. The topological polar surface area (TPSA) is 63.6 Å². The molecule has 0 heterocycles. The molecule has 0 saturated heterocycles. The molecule has 3 atom stereocenters. The highest BCUT2D eigenvalue weighted by atomic mass is 16.5. The zero-order chi connectivity index (χ0) is 15.8. The van der Waals surface area contributed by atoms with Crippen LogP contribution in [0.5, 0.6) is 0 Å². The molecule has 116 valence electrons. The fraction of sp³-hybridized carbons (Fsp3) is 0.647. The number of carboxylic acid groups (broad SMARTS) is 1. The monoisotopic (exact) mass is 292 g/mol. The molecule has 1 fully saturated rings. The van der Waals surface area contributed by atoms with E-state index in [2.05, 4.69) is 20.4 Å². The third-order valence-corrected chi connectivity index (χ3v) is 5.24. The lowest BCUT2D eigenvalue weighted by Gasteiger charge is -2.48. The fourth-order valence-electron chi connectivity index (χ4n) is 3.90. The second kappa shape index (κ2) is 5.66. The van der Waals surface area contributed by atoms with Gasteiger partial charge in [0.1, 0.15) is 6.10 Å². The van der Waals surface area contributed by atoms with Crippen LogP contribution in [0.15, 0.2) is 23.3 Å². The molecule has 0 aromatic carbocycles. The van der Waals surface area contributed by atoms with Crippen LogP contribution in [0.4, 0.5) is 0 Å². The van der Waals surface area contributed by atoms with E-state index in [0.717, 1.165) is 32.1 Å². The van der Waals surface area contributed by atoms with Gasteiger partial charge in [0.05, 0.1) is 0 Å². The molecule has 21 heavy (non-hydrogen) atoms. The maximum Gasteiger partial charge on any atom is 0.331 e. The SMILES string of the molecule is C=C(C(=O)O)[C@@H]1CC[C@]2(C)C(=C(C)CC[C@H]2OC(C)=O)C1. The molecule has 0 unspecified atom stereocenters. The largest absolute Gasteiger partial charge is 0.478 e. The Labute approximate surface area is 125 Å². The Kier molecular flexibility index (Phi) is 4.26. The molecule has 1 N–H and O–H groups in total. The highest BCUT2D eigenvalue weighted by molar-refractivity contribution is 5.86.